The number of rotatable bonds is 3. The topological polar surface area (TPSA) is 87.4 Å². The van der Waals surface area contributed by atoms with E-state index in [9.17, 15) is 0 Å². The molecule has 80 valence electrons. The molecule has 0 saturated heterocycles. The molecule has 0 radical (unpaired) electrons. The predicted molar refractivity (Wildman–Crippen MR) is 53.9 cm³/mol. The van der Waals surface area contributed by atoms with Crippen molar-refractivity contribution in [2.75, 3.05) is 5.73 Å². The van der Waals surface area contributed by atoms with E-state index in [1.54, 1.807) is 4.80 Å². The van der Waals surface area contributed by atoms with Gasteiger partial charge in [-0.15, -0.1) is 5.10 Å². The smallest absolute Gasteiger partial charge is 0.165 e. The molecule has 0 unspecified atom stereocenters. The molecule has 0 aliphatic heterocycles. The van der Waals surface area contributed by atoms with E-state index < -0.39 is 0 Å². The first-order valence-corrected chi connectivity index (χ1v) is 4.69. The molecule has 2 aromatic rings. The third kappa shape index (κ3) is 2.12. The fourth-order valence-electron chi connectivity index (χ4n) is 1.38. The molecule has 7 heteroatoms. The second-order valence-corrected chi connectivity index (χ2v) is 3.29. The first-order valence-electron chi connectivity index (χ1n) is 4.69. The lowest BCUT2D eigenvalue weighted by Gasteiger charge is -2.01. The number of anilines is 1. The molecule has 0 bridgehead atoms. The van der Waals surface area contributed by atoms with E-state index >= 15 is 0 Å². The van der Waals surface area contributed by atoms with Crippen molar-refractivity contribution < 1.29 is 0 Å². The summed E-state index contributed by atoms with van der Waals surface area (Å²) in [4.78, 5) is 5.75. The Morgan fingerprint density at radius 1 is 1.27 bits per heavy atom. The lowest BCUT2D eigenvalue weighted by Crippen LogP contribution is -2.12. The van der Waals surface area contributed by atoms with Gasteiger partial charge in [0, 0.05) is 0 Å². The van der Waals surface area contributed by atoms with Gasteiger partial charge in [0.25, 0.3) is 0 Å². The Morgan fingerprint density at radius 3 is 2.60 bits per heavy atom. The van der Waals surface area contributed by atoms with Crippen molar-refractivity contribution in [1.82, 2.24) is 29.8 Å². The molecule has 2 rings (SSSR count). The summed E-state index contributed by atoms with van der Waals surface area (Å²) in [6.45, 7) is 5.13. The zero-order valence-corrected chi connectivity index (χ0v) is 8.75. The maximum absolute atomic E-state index is 5.45. The summed E-state index contributed by atoms with van der Waals surface area (Å²) in [7, 11) is 0. The zero-order chi connectivity index (χ0) is 10.8. The standard InChI is InChI=1S/C8H13N7/c1-6-11-7(2)14(12-6)3-4-15-10-5-8(9)13-15/h5H,3-4H2,1-2H3,(H2,9,13). The van der Waals surface area contributed by atoms with Crippen molar-refractivity contribution in [1.29, 1.82) is 0 Å². The summed E-state index contributed by atoms with van der Waals surface area (Å²) in [5, 5.41) is 12.2. The summed E-state index contributed by atoms with van der Waals surface area (Å²) in [5.74, 6) is 2.11. The third-order valence-electron chi connectivity index (χ3n) is 2.03. The van der Waals surface area contributed by atoms with Crippen molar-refractivity contribution in [2.24, 2.45) is 0 Å². The fraction of sp³-hybridized carbons (Fsp3) is 0.500. The lowest BCUT2D eigenvalue weighted by atomic mass is 10.6. The second kappa shape index (κ2) is 3.68. The first-order chi connectivity index (χ1) is 7.15. The van der Waals surface area contributed by atoms with Crippen LogP contribution in [0.2, 0.25) is 0 Å². The number of aromatic nitrogens is 6. The third-order valence-corrected chi connectivity index (χ3v) is 2.03. The minimum Gasteiger partial charge on any atom is -0.381 e. The summed E-state index contributed by atoms with van der Waals surface area (Å²) in [6, 6.07) is 0. The molecule has 0 atom stereocenters. The second-order valence-electron chi connectivity index (χ2n) is 3.29. The zero-order valence-electron chi connectivity index (χ0n) is 8.75. The molecule has 0 aliphatic rings. The summed E-state index contributed by atoms with van der Waals surface area (Å²) in [5.41, 5.74) is 5.45. The maximum atomic E-state index is 5.45. The van der Waals surface area contributed by atoms with Crippen LogP contribution in [-0.2, 0) is 13.1 Å². The van der Waals surface area contributed by atoms with Crippen LogP contribution >= 0.6 is 0 Å². The Balaban J connectivity index is 2.01. The highest BCUT2D eigenvalue weighted by Gasteiger charge is 2.03. The SMILES string of the molecule is Cc1nc(C)n(CCn2ncc(N)n2)n1. The van der Waals surface area contributed by atoms with Gasteiger partial charge in [-0.05, 0) is 13.8 Å². The van der Waals surface area contributed by atoms with E-state index in [0.717, 1.165) is 11.6 Å². The Bertz CT molecular complexity index is 455. The van der Waals surface area contributed by atoms with Crippen molar-refractivity contribution in [2.45, 2.75) is 26.9 Å². The van der Waals surface area contributed by atoms with Crippen LogP contribution in [0.25, 0.3) is 0 Å². The molecule has 0 aromatic carbocycles. The van der Waals surface area contributed by atoms with E-state index in [1.807, 2.05) is 18.5 Å². The Kier molecular flexibility index (Phi) is 2.36. The van der Waals surface area contributed by atoms with Gasteiger partial charge in [-0.25, -0.2) is 9.67 Å². The molecule has 0 aliphatic carbocycles. The highest BCUT2D eigenvalue weighted by molar-refractivity contribution is 5.19. The van der Waals surface area contributed by atoms with E-state index in [4.69, 9.17) is 5.73 Å². The van der Waals surface area contributed by atoms with Crippen LogP contribution in [-0.4, -0.2) is 29.8 Å². The first kappa shape index (κ1) is 9.63. The van der Waals surface area contributed by atoms with Crippen LogP contribution in [0.3, 0.4) is 0 Å². The molecule has 15 heavy (non-hydrogen) atoms. The minimum absolute atomic E-state index is 0.432. The molecule has 0 amide bonds. The van der Waals surface area contributed by atoms with Gasteiger partial charge in [-0.2, -0.15) is 15.0 Å². The van der Waals surface area contributed by atoms with Crippen molar-refractivity contribution in [3.63, 3.8) is 0 Å². The van der Waals surface area contributed by atoms with Gasteiger partial charge < -0.3 is 5.73 Å². The van der Waals surface area contributed by atoms with E-state index in [0.29, 0.717) is 18.9 Å². The maximum Gasteiger partial charge on any atom is 0.165 e. The van der Waals surface area contributed by atoms with Crippen molar-refractivity contribution >= 4 is 5.82 Å². The van der Waals surface area contributed by atoms with E-state index in [1.165, 1.54) is 6.20 Å². The van der Waals surface area contributed by atoms with Gasteiger partial charge >= 0.3 is 0 Å². The summed E-state index contributed by atoms with van der Waals surface area (Å²) in [6.07, 6.45) is 1.53. The molecule has 2 N–H and O–H groups in total. The number of aryl methyl sites for hydroxylation is 4. The van der Waals surface area contributed by atoms with Crippen LogP contribution < -0.4 is 5.73 Å². The number of hydrogen-bond acceptors (Lipinski definition) is 5. The summed E-state index contributed by atoms with van der Waals surface area (Å²) < 4.78 is 1.83. The number of nitrogens with zero attached hydrogens (tertiary/aromatic N) is 6. The van der Waals surface area contributed by atoms with Crippen LogP contribution in [0.5, 0.6) is 0 Å². The van der Waals surface area contributed by atoms with Crippen LogP contribution in [0.15, 0.2) is 6.20 Å². The molecular weight excluding hydrogens is 194 g/mol. The number of hydrogen-bond donors (Lipinski definition) is 1. The monoisotopic (exact) mass is 207 g/mol. The van der Waals surface area contributed by atoms with Crippen molar-refractivity contribution in [3.05, 3.63) is 17.8 Å². The predicted octanol–water partition coefficient (Wildman–Crippen LogP) is -0.231. The van der Waals surface area contributed by atoms with Gasteiger partial charge in [0.2, 0.25) is 0 Å². The van der Waals surface area contributed by atoms with Gasteiger partial charge in [0.05, 0.1) is 19.3 Å². The Morgan fingerprint density at radius 2 is 2.07 bits per heavy atom. The molecule has 0 spiro atoms. The lowest BCUT2D eigenvalue weighted by molar-refractivity contribution is 0.451. The van der Waals surface area contributed by atoms with E-state index in [-0.39, 0.29) is 0 Å². The highest BCUT2D eigenvalue weighted by Crippen LogP contribution is 1.97. The molecule has 0 fully saturated rings. The molecule has 2 heterocycles. The van der Waals surface area contributed by atoms with E-state index in [2.05, 4.69) is 20.3 Å². The quantitative estimate of drug-likeness (QED) is 0.751. The average molecular weight is 207 g/mol. The largest absolute Gasteiger partial charge is 0.381 e. The number of nitrogens with two attached hydrogens (primary N) is 1. The van der Waals surface area contributed by atoms with Crippen LogP contribution in [0.1, 0.15) is 11.6 Å². The van der Waals surface area contributed by atoms with Crippen molar-refractivity contribution in [3.8, 4) is 0 Å². The van der Waals surface area contributed by atoms with Gasteiger partial charge in [0.15, 0.2) is 5.82 Å². The van der Waals surface area contributed by atoms with Gasteiger partial charge in [-0.1, -0.05) is 0 Å². The Hall–Kier alpha value is -1.92. The average Bonchev–Trinajstić information content (AvgIpc) is 2.70. The van der Waals surface area contributed by atoms with Gasteiger partial charge in [-0.3, -0.25) is 0 Å². The Labute approximate surface area is 86.9 Å². The fourth-order valence-corrected chi connectivity index (χ4v) is 1.38. The minimum atomic E-state index is 0.432. The summed E-state index contributed by atoms with van der Waals surface area (Å²) >= 11 is 0. The number of nitrogen functional groups attached to an aromatic ring is 1. The van der Waals surface area contributed by atoms with Gasteiger partial charge in [0.1, 0.15) is 11.6 Å². The van der Waals surface area contributed by atoms with Crippen LogP contribution in [0, 0.1) is 13.8 Å². The van der Waals surface area contributed by atoms with Crippen LogP contribution in [0.4, 0.5) is 5.82 Å². The normalized spacial score (nSPS) is 10.8. The molecule has 7 nitrogen and oxygen atoms in total. The molecular formula is C8H13N7. The highest BCUT2D eigenvalue weighted by atomic mass is 15.5. The molecule has 2 aromatic heterocycles. The molecule has 0 saturated carbocycles.